The highest BCUT2D eigenvalue weighted by molar-refractivity contribution is 9.10. The summed E-state index contributed by atoms with van der Waals surface area (Å²) < 4.78 is 13.9. The van der Waals surface area contributed by atoms with Crippen LogP contribution in [0.1, 0.15) is 16.7 Å². The molecule has 21 heavy (non-hydrogen) atoms. The highest BCUT2D eigenvalue weighted by atomic mass is 79.9. The first-order chi connectivity index (χ1) is 9.99. The Morgan fingerprint density at radius 2 is 1.76 bits per heavy atom. The summed E-state index contributed by atoms with van der Waals surface area (Å²) in [4.78, 5) is 11.5. The number of aliphatic carboxylic acids is 1. The number of halogens is 2. The number of hydrogen-bond donors (Lipinski definition) is 1. The van der Waals surface area contributed by atoms with E-state index >= 15 is 0 Å². The highest BCUT2D eigenvalue weighted by Crippen LogP contribution is 2.25. The second-order valence-electron chi connectivity index (χ2n) is 5.08. The van der Waals surface area contributed by atoms with Gasteiger partial charge in [-0.15, -0.1) is 0 Å². The third kappa shape index (κ3) is 3.91. The summed E-state index contributed by atoms with van der Waals surface area (Å²) in [6.07, 6.45) is 0.729. The molecule has 2 rings (SSSR count). The first-order valence-corrected chi connectivity index (χ1v) is 7.48. The number of carbonyl (C=O) groups is 1. The first kappa shape index (κ1) is 15.7. The van der Waals surface area contributed by atoms with Gasteiger partial charge in [-0.3, -0.25) is 4.79 Å². The van der Waals surface area contributed by atoms with E-state index in [1.54, 1.807) is 12.1 Å². The van der Waals surface area contributed by atoms with E-state index < -0.39 is 11.9 Å². The summed E-state index contributed by atoms with van der Waals surface area (Å²) in [5.41, 5.74) is 2.76. The summed E-state index contributed by atoms with van der Waals surface area (Å²) in [5, 5.41) is 9.44. The molecule has 1 atom stereocenters. The number of rotatable bonds is 5. The van der Waals surface area contributed by atoms with E-state index in [0.717, 1.165) is 11.1 Å². The predicted octanol–water partition coefficient (Wildman–Crippen LogP) is 4.38. The molecule has 0 amide bonds. The van der Waals surface area contributed by atoms with Gasteiger partial charge >= 0.3 is 5.97 Å². The van der Waals surface area contributed by atoms with Crippen molar-refractivity contribution in [2.75, 3.05) is 0 Å². The second-order valence-corrected chi connectivity index (χ2v) is 5.88. The van der Waals surface area contributed by atoms with Crippen LogP contribution in [0.4, 0.5) is 4.39 Å². The molecule has 0 saturated heterocycles. The lowest BCUT2D eigenvalue weighted by Gasteiger charge is -2.15. The van der Waals surface area contributed by atoms with Gasteiger partial charge in [0.25, 0.3) is 0 Å². The van der Waals surface area contributed by atoms with Crippen LogP contribution < -0.4 is 0 Å². The van der Waals surface area contributed by atoms with Crippen molar-refractivity contribution >= 4 is 21.9 Å². The minimum absolute atomic E-state index is 0.294. The van der Waals surface area contributed by atoms with E-state index in [-0.39, 0.29) is 5.82 Å². The van der Waals surface area contributed by atoms with E-state index in [2.05, 4.69) is 15.9 Å². The fraction of sp³-hybridized carbons (Fsp3) is 0.235. The summed E-state index contributed by atoms with van der Waals surface area (Å²) in [5.74, 6) is -1.81. The van der Waals surface area contributed by atoms with Crippen molar-refractivity contribution in [2.24, 2.45) is 5.92 Å². The molecule has 0 radical (unpaired) electrons. The Labute approximate surface area is 131 Å². The molecule has 110 valence electrons. The normalized spacial score (nSPS) is 12.1. The minimum Gasteiger partial charge on any atom is -0.481 e. The molecule has 2 nitrogen and oxygen atoms in total. The molecule has 0 heterocycles. The maximum atomic E-state index is 13.5. The monoisotopic (exact) mass is 350 g/mol. The highest BCUT2D eigenvalue weighted by Gasteiger charge is 2.21. The fourth-order valence-electron chi connectivity index (χ4n) is 2.32. The van der Waals surface area contributed by atoms with Crippen LogP contribution in [0.15, 0.2) is 46.9 Å². The molecule has 0 fully saturated rings. The molecule has 0 aliphatic heterocycles. The molecule has 0 aliphatic carbocycles. The van der Waals surface area contributed by atoms with Gasteiger partial charge in [0.2, 0.25) is 0 Å². The lowest BCUT2D eigenvalue weighted by molar-refractivity contribution is -0.141. The van der Waals surface area contributed by atoms with Crippen LogP contribution in [-0.4, -0.2) is 11.1 Å². The lowest BCUT2D eigenvalue weighted by atomic mass is 9.91. The van der Waals surface area contributed by atoms with Crippen LogP contribution in [0.3, 0.4) is 0 Å². The Balaban J connectivity index is 2.22. The van der Waals surface area contributed by atoms with Crippen LogP contribution in [0.2, 0.25) is 0 Å². The summed E-state index contributed by atoms with van der Waals surface area (Å²) in [6, 6.07) is 12.4. The van der Waals surface area contributed by atoms with Gasteiger partial charge < -0.3 is 5.11 Å². The predicted molar refractivity (Wildman–Crippen MR) is 83.8 cm³/mol. The summed E-state index contributed by atoms with van der Waals surface area (Å²) >= 11 is 3.19. The molecule has 1 unspecified atom stereocenters. The molecule has 0 spiro atoms. The maximum Gasteiger partial charge on any atom is 0.307 e. The number of aryl methyl sites for hydroxylation is 1. The van der Waals surface area contributed by atoms with Crippen molar-refractivity contribution in [1.82, 2.24) is 0 Å². The third-order valence-corrected chi connectivity index (χ3v) is 4.46. The zero-order valence-corrected chi connectivity index (χ0v) is 13.2. The van der Waals surface area contributed by atoms with E-state index in [9.17, 15) is 14.3 Å². The topological polar surface area (TPSA) is 37.3 Å². The molecule has 4 heteroatoms. The Morgan fingerprint density at radius 3 is 2.43 bits per heavy atom. The second kappa shape index (κ2) is 6.85. The molecular weight excluding hydrogens is 335 g/mol. The molecule has 2 aromatic carbocycles. The zero-order valence-electron chi connectivity index (χ0n) is 11.6. The van der Waals surface area contributed by atoms with E-state index in [1.807, 2.05) is 31.2 Å². The SMILES string of the molecule is Cc1ccccc1CC(Cc1cccc(F)c1Br)C(=O)O. The van der Waals surface area contributed by atoms with Crippen molar-refractivity contribution in [3.63, 3.8) is 0 Å². The summed E-state index contributed by atoms with van der Waals surface area (Å²) in [6.45, 7) is 1.96. The standard InChI is InChI=1S/C17H16BrFO2/c1-11-5-2-3-6-12(11)9-14(17(20)21)10-13-7-4-8-15(19)16(13)18/h2-8,14H,9-10H2,1H3,(H,20,21). The average Bonchev–Trinajstić information content (AvgIpc) is 2.45. The van der Waals surface area contributed by atoms with Crippen molar-refractivity contribution in [3.8, 4) is 0 Å². The van der Waals surface area contributed by atoms with Gasteiger partial charge in [-0.1, -0.05) is 36.4 Å². The Hall–Kier alpha value is -1.68. The number of benzene rings is 2. The average molecular weight is 351 g/mol. The number of carboxylic acid groups (broad SMARTS) is 1. The Kier molecular flexibility index (Phi) is 5.12. The summed E-state index contributed by atoms with van der Waals surface area (Å²) in [7, 11) is 0. The number of hydrogen-bond acceptors (Lipinski definition) is 1. The zero-order chi connectivity index (χ0) is 15.4. The fourth-order valence-corrected chi connectivity index (χ4v) is 2.75. The van der Waals surface area contributed by atoms with Crippen molar-refractivity contribution in [2.45, 2.75) is 19.8 Å². The molecule has 0 saturated carbocycles. The van der Waals surface area contributed by atoms with Crippen LogP contribution >= 0.6 is 15.9 Å². The molecular formula is C17H16BrFO2. The van der Waals surface area contributed by atoms with Gasteiger partial charge in [0.05, 0.1) is 10.4 Å². The van der Waals surface area contributed by atoms with Crippen molar-refractivity contribution in [3.05, 3.63) is 69.4 Å². The van der Waals surface area contributed by atoms with Gasteiger partial charge in [0.1, 0.15) is 5.82 Å². The van der Waals surface area contributed by atoms with Gasteiger partial charge in [-0.2, -0.15) is 0 Å². The third-order valence-electron chi connectivity index (χ3n) is 3.57. The smallest absolute Gasteiger partial charge is 0.307 e. The maximum absolute atomic E-state index is 13.5. The lowest BCUT2D eigenvalue weighted by Crippen LogP contribution is -2.20. The largest absolute Gasteiger partial charge is 0.481 e. The van der Waals surface area contributed by atoms with Crippen LogP contribution in [0.25, 0.3) is 0 Å². The van der Waals surface area contributed by atoms with Crippen LogP contribution in [-0.2, 0) is 17.6 Å². The molecule has 0 aromatic heterocycles. The Morgan fingerprint density at radius 1 is 1.14 bits per heavy atom. The van der Waals surface area contributed by atoms with Gasteiger partial charge in [-0.05, 0) is 58.5 Å². The minimum atomic E-state index is -0.866. The van der Waals surface area contributed by atoms with Crippen molar-refractivity contribution in [1.29, 1.82) is 0 Å². The van der Waals surface area contributed by atoms with Gasteiger partial charge in [0, 0.05) is 0 Å². The first-order valence-electron chi connectivity index (χ1n) is 6.69. The van der Waals surface area contributed by atoms with Crippen LogP contribution in [0.5, 0.6) is 0 Å². The van der Waals surface area contributed by atoms with E-state index in [1.165, 1.54) is 6.07 Å². The molecule has 0 bridgehead atoms. The van der Waals surface area contributed by atoms with E-state index in [4.69, 9.17) is 0 Å². The van der Waals surface area contributed by atoms with Gasteiger partial charge in [-0.25, -0.2) is 4.39 Å². The molecule has 0 aliphatic rings. The van der Waals surface area contributed by atoms with Gasteiger partial charge in [0.15, 0.2) is 0 Å². The number of carboxylic acids is 1. The molecule has 1 N–H and O–H groups in total. The molecule has 2 aromatic rings. The quantitative estimate of drug-likeness (QED) is 0.868. The van der Waals surface area contributed by atoms with E-state index in [0.29, 0.717) is 22.9 Å². The van der Waals surface area contributed by atoms with Crippen LogP contribution in [0, 0.1) is 18.7 Å². The van der Waals surface area contributed by atoms with Crippen molar-refractivity contribution < 1.29 is 14.3 Å². The Bertz CT molecular complexity index is 655.